The number of anilines is 3. The number of benzene rings is 5. The Bertz CT molecular complexity index is 1590. The Labute approximate surface area is 207 Å². The molecule has 0 saturated heterocycles. The molecule has 0 fully saturated rings. The molecule has 168 valence electrons. The summed E-state index contributed by atoms with van der Waals surface area (Å²) in [6.45, 7) is 4.71. The summed E-state index contributed by atoms with van der Waals surface area (Å²) in [5.41, 5.74) is 14.5. The van der Waals surface area contributed by atoms with Crippen LogP contribution in [0, 0.1) is 0 Å². The summed E-state index contributed by atoms with van der Waals surface area (Å²) in [4.78, 5) is 2.42. The Morgan fingerprint density at radius 1 is 0.543 bits per heavy atom. The molecular formula is C34H27N. The van der Waals surface area contributed by atoms with Gasteiger partial charge < -0.3 is 4.90 Å². The molecule has 7 rings (SSSR count). The van der Waals surface area contributed by atoms with Crippen LogP contribution >= 0.6 is 0 Å². The molecule has 1 aliphatic carbocycles. The van der Waals surface area contributed by atoms with Crippen LogP contribution < -0.4 is 4.90 Å². The molecule has 5 aromatic rings. The average Bonchev–Trinajstić information content (AvgIpc) is 3.27. The minimum absolute atomic E-state index is 0.101. The SMILES string of the molecule is CC1(C)c2ccccc2N(c2ccccc2)c2ccc(-c3ccc4c(c3)-c3ccccc3C4)cc21. The van der Waals surface area contributed by atoms with Gasteiger partial charge >= 0.3 is 0 Å². The van der Waals surface area contributed by atoms with Crippen molar-refractivity contribution in [1.29, 1.82) is 0 Å². The standard InChI is InChI=1S/C34H27N/c1-34(2)30-14-8-9-15-32(30)35(27-11-4-3-5-12-27)33-19-18-24(22-31(33)34)23-16-17-26-20-25-10-6-7-13-28(25)29(26)21-23/h3-19,21-22H,20H2,1-2H3. The zero-order valence-corrected chi connectivity index (χ0v) is 20.1. The predicted octanol–water partition coefficient (Wildman–Crippen LogP) is 9.03. The summed E-state index contributed by atoms with van der Waals surface area (Å²) in [6.07, 6.45) is 1.03. The van der Waals surface area contributed by atoms with Gasteiger partial charge in [0.25, 0.3) is 0 Å². The fourth-order valence-electron chi connectivity index (χ4n) is 6.04. The van der Waals surface area contributed by atoms with E-state index >= 15 is 0 Å². The zero-order valence-electron chi connectivity index (χ0n) is 20.1. The highest BCUT2D eigenvalue weighted by molar-refractivity contribution is 5.88. The van der Waals surface area contributed by atoms with Crippen LogP contribution in [0.15, 0.2) is 115 Å². The molecule has 1 nitrogen and oxygen atoms in total. The van der Waals surface area contributed by atoms with Crippen LogP contribution in [0.3, 0.4) is 0 Å². The van der Waals surface area contributed by atoms with Crippen molar-refractivity contribution < 1.29 is 0 Å². The maximum Gasteiger partial charge on any atom is 0.0503 e. The quantitative estimate of drug-likeness (QED) is 0.255. The minimum atomic E-state index is -0.101. The molecule has 1 aliphatic heterocycles. The van der Waals surface area contributed by atoms with Gasteiger partial charge in [0.15, 0.2) is 0 Å². The first-order valence-corrected chi connectivity index (χ1v) is 12.4. The van der Waals surface area contributed by atoms with Crippen molar-refractivity contribution in [2.75, 3.05) is 4.90 Å². The fraction of sp³-hybridized carbons (Fsp3) is 0.118. The second-order valence-electron chi connectivity index (χ2n) is 10.3. The lowest BCUT2D eigenvalue weighted by molar-refractivity contribution is 0.632. The maximum atomic E-state index is 2.42. The maximum absolute atomic E-state index is 2.42. The van der Waals surface area contributed by atoms with Crippen LogP contribution in [-0.2, 0) is 11.8 Å². The van der Waals surface area contributed by atoms with Gasteiger partial charge in [-0.1, -0.05) is 92.7 Å². The molecule has 35 heavy (non-hydrogen) atoms. The van der Waals surface area contributed by atoms with Crippen molar-refractivity contribution in [1.82, 2.24) is 0 Å². The lowest BCUT2D eigenvalue weighted by atomic mass is 9.73. The van der Waals surface area contributed by atoms with E-state index in [9.17, 15) is 0 Å². The van der Waals surface area contributed by atoms with Crippen LogP contribution in [-0.4, -0.2) is 0 Å². The molecule has 0 atom stereocenters. The Kier molecular flexibility index (Phi) is 4.32. The number of rotatable bonds is 2. The van der Waals surface area contributed by atoms with Gasteiger partial charge in [-0.25, -0.2) is 0 Å². The van der Waals surface area contributed by atoms with Crippen LogP contribution in [0.5, 0.6) is 0 Å². The van der Waals surface area contributed by atoms with Crippen LogP contribution in [0.2, 0.25) is 0 Å². The highest BCUT2D eigenvalue weighted by atomic mass is 15.2. The molecule has 0 aromatic heterocycles. The van der Waals surface area contributed by atoms with Crippen molar-refractivity contribution in [3.05, 3.63) is 138 Å². The second-order valence-corrected chi connectivity index (χ2v) is 10.3. The zero-order chi connectivity index (χ0) is 23.6. The van der Waals surface area contributed by atoms with Gasteiger partial charge in [0.2, 0.25) is 0 Å². The first-order chi connectivity index (χ1) is 17.1. The molecule has 0 radical (unpaired) electrons. The molecule has 1 heteroatoms. The molecule has 0 amide bonds. The number of hydrogen-bond donors (Lipinski definition) is 0. The largest absolute Gasteiger partial charge is 0.310 e. The van der Waals surface area contributed by atoms with Gasteiger partial charge in [-0.3, -0.25) is 0 Å². The summed E-state index contributed by atoms with van der Waals surface area (Å²) in [5.74, 6) is 0. The number of para-hydroxylation sites is 2. The minimum Gasteiger partial charge on any atom is -0.310 e. The summed E-state index contributed by atoms with van der Waals surface area (Å²) in [5, 5.41) is 0. The van der Waals surface area contributed by atoms with Crippen molar-refractivity contribution in [3.63, 3.8) is 0 Å². The molecule has 0 bridgehead atoms. The summed E-state index contributed by atoms with van der Waals surface area (Å²) in [7, 11) is 0. The van der Waals surface area contributed by atoms with E-state index in [4.69, 9.17) is 0 Å². The number of nitrogens with zero attached hydrogens (tertiary/aromatic N) is 1. The van der Waals surface area contributed by atoms with E-state index in [1.165, 1.54) is 61.6 Å². The third kappa shape index (κ3) is 3.01. The Morgan fingerprint density at radius 3 is 2.09 bits per heavy atom. The molecular weight excluding hydrogens is 422 g/mol. The van der Waals surface area contributed by atoms with E-state index in [0.29, 0.717) is 0 Å². The topological polar surface area (TPSA) is 3.24 Å². The van der Waals surface area contributed by atoms with E-state index in [1.54, 1.807) is 0 Å². The summed E-state index contributed by atoms with van der Waals surface area (Å²) >= 11 is 0. The average molecular weight is 450 g/mol. The number of hydrogen-bond acceptors (Lipinski definition) is 1. The fourth-order valence-corrected chi connectivity index (χ4v) is 6.04. The molecule has 2 aliphatic rings. The molecule has 0 unspecified atom stereocenters. The van der Waals surface area contributed by atoms with Crippen LogP contribution in [0.1, 0.15) is 36.1 Å². The van der Waals surface area contributed by atoms with E-state index in [0.717, 1.165) is 6.42 Å². The Hall–Kier alpha value is -4.10. The van der Waals surface area contributed by atoms with Crippen molar-refractivity contribution in [2.45, 2.75) is 25.7 Å². The molecule has 0 saturated carbocycles. The van der Waals surface area contributed by atoms with Crippen LogP contribution in [0.4, 0.5) is 17.1 Å². The van der Waals surface area contributed by atoms with Gasteiger partial charge in [-0.15, -0.1) is 0 Å². The smallest absolute Gasteiger partial charge is 0.0503 e. The molecule has 0 spiro atoms. The van der Waals surface area contributed by atoms with E-state index in [2.05, 4.69) is 134 Å². The summed E-state index contributed by atoms with van der Waals surface area (Å²) in [6, 6.07) is 42.4. The van der Waals surface area contributed by atoms with E-state index in [1.807, 2.05) is 0 Å². The Balaban J connectivity index is 1.41. The van der Waals surface area contributed by atoms with Crippen molar-refractivity contribution >= 4 is 17.1 Å². The predicted molar refractivity (Wildman–Crippen MR) is 147 cm³/mol. The first-order valence-electron chi connectivity index (χ1n) is 12.4. The van der Waals surface area contributed by atoms with Gasteiger partial charge in [-0.05, 0) is 87.3 Å². The lowest BCUT2D eigenvalue weighted by Gasteiger charge is -2.42. The van der Waals surface area contributed by atoms with E-state index in [-0.39, 0.29) is 5.41 Å². The lowest BCUT2D eigenvalue weighted by Crippen LogP contribution is -2.30. The van der Waals surface area contributed by atoms with Gasteiger partial charge in [0.05, 0.1) is 11.4 Å². The van der Waals surface area contributed by atoms with Gasteiger partial charge in [0.1, 0.15) is 0 Å². The van der Waals surface area contributed by atoms with Gasteiger partial charge in [0, 0.05) is 11.1 Å². The number of fused-ring (bicyclic) bond motifs is 5. The first kappa shape index (κ1) is 20.3. The van der Waals surface area contributed by atoms with E-state index < -0.39 is 0 Å². The normalized spacial score (nSPS) is 14.6. The third-order valence-electron chi connectivity index (χ3n) is 7.88. The monoisotopic (exact) mass is 449 g/mol. The van der Waals surface area contributed by atoms with Gasteiger partial charge in [-0.2, -0.15) is 0 Å². The molecule has 5 aromatic carbocycles. The highest BCUT2D eigenvalue weighted by Crippen LogP contribution is 2.52. The molecule has 0 N–H and O–H groups in total. The van der Waals surface area contributed by atoms with Crippen molar-refractivity contribution in [3.8, 4) is 22.3 Å². The Morgan fingerprint density at radius 2 is 1.20 bits per heavy atom. The second kappa shape index (κ2) is 7.45. The third-order valence-corrected chi connectivity index (χ3v) is 7.88. The van der Waals surface area contributed by atoms with Crippen molar-refractivity contribution in [2.24, 2.45) is 0 Å². The van der Waals surface area contributed by atoms with Crippen LogP contribution in [0.25, 0.3) is 22.3 Å². The molecule has 1 heterocycles. The highest BCUT2D eigenvalue weighted by Gasteiger charge is 2.36. The summed E-state index contributed by atoms with van der Waals surface area (Å²) < 4.78 is 0.